The number of hydrogen-bond acceptors (Lipinski definition) is 5. The average Bonchev–Trinajstić information content (AvgIpc) is 3.34. The van der Waals surface area contributed by atoms with Gasteiger partial charge in [-0.2, -0.15) is 0 Å². The Morgan fingerprint density at radius 1 is 1.04 bits per heavy atom. The monoisotopic (exact) mass is 334 g/mol. The molecule has 0 radical (unpaired) electrons. The van der Waals surface area contributed by atoms with Crippen LogP contribution in [0.5, 0.6) is 0 Å². The minimum Gasteiger partial charge on any atom is -0.419 e. The molecule has 1 saturated carbocycles. The summed E-state index contributed by atoms with van der Waals surface area (Å²) in [6, 6.07) is 17.4. The van der Waals surface area contributed by atoms with Crippen molar-refractivity contribution in [1.29, 1.82) is 0 Å². The Labute approximate surface area is 145 Å². The molecule has 0 aliphatic heterocycles. The zero-order valence-corrected chi connectivity index (χ0v) is 13.6. The van der Waals surface area contributed by atoms with E-state index < -0.39 is 0 Å². The van der Waals surface area contributed by atoms with E-state index in [4.69, 9.17) is 4.42 Å². The molecule has 3 aromatic rings. The molecular weight excluding hydrogens is 316 g/mol. The molecule has 0 spiro atoms. The molecule has 6 nitrogen and oxygen atoms in total. The molecule has 6 heteroatoms. The summed E-state index contributed by atoms with van der Waals surface area (Å²) >= 11 is 0. The number of para-hydroxylation sites is 1. The van der Waals surface area contributed by atoms with Gasteiger partial charge >= 0.3 is 0 Å². The fourth-order valence-corrected chi connectivity index (χ4v) is 2.52. The van der Waals surface area contributed by atoms with Gasteiger partial charge in [-0.3, -0.25) is 4.79 Å². The lowest BCUT2D eigenvalue weighted by Gasteiger charge is -2.10. The number of nitrogens with zero attached hydrogens (tertiary/aromatic N) is 2. The molecule has 0 atom stereocenters. The van der Waals surface area contributed by atoms with E-state index in [1.54, 1.807) is 0 Å². The molecule has 2 N–H and O–H groups in total. The van der Waals surface area contributed by atoms with Crippen molar-refractivity contribution in [3.8, 4) is 11.5 Å². The summed E-state index contributed by atoms with van der Waals surface area (Å²) in [5, 5.41) is 14.3. The molecular formula is C19H18N4O2. The van der Waals surface area contributed by atoms with Crippen molar-refractivity contribution >= 4 is 11.6 Å². The summed E-state index contributed by atoms with van der Waals surface area (Å²) in [4.78, 5) is 12.3. The highest BCUT2D eigenvalue weighted by Gasteiger charge is 2.24. The average molecular weight is 334 g/mol. The second-order valence-corrected chi connectivity index (χ2v) is 6.01. The number of nitrogens with one attached hydrogen (secondary N) is 2. The van der Waals surface area contributed by atoms with Crippen molar-refractivity contribution in [2.75, 3.05) is 5.32 Å². The van der Waals surface area contributed by atoms with Crippen LogP contribution >= 0.6 is 0 Å². The van der Waals surface area contributed by atoms with Crippen LogP contribution in [0, 0.1) is 0 Å². The first-order chi connectivity index (χ1) is 12.3. The van der Waals surface area contributed by atoms with E-state index in [0.29, 0.717) is 29.9 Å². The molecule has 1 heterocycles. The Kier molecular flexibility index (Phi) is 4.16. The van der Waals surface area contributed by atoms with E-state index >= 15 is 0 Å². The lowest BCUT2D eigenvalue weighted by Crippen LogP contribution is -2.26. The van der Waals surface area contributed by atoms with E-state index in [0.717, 1.165) is 24.1 Å². The first-order valence-electron chi connectivity index (χ1n) is 8.31. The van der Waals surface area contributed by atoms with Crippen LogP contribution in [0.4, 0.5) is 5.69 Å². The Morgan fingerprint density at radius 2 is 1.80 bits per heavy atom. The van der Waals surface area contributed by atoms with Gasteiger partial charge in [0.15, 0.2) is 0 Å². The summed E-state index contributed by atoms with van der Waals surface area (Å²) < 4.78 is 5.68. The van der Waals surface area contributed by atoms with Gasteiger partial charge in [-0.05, 0) is 37.1 Å². The van der Waals surface area contributed by atoms with E-state index in [9.17, 15) is 4.79 Å². The highest BCUT2D eigenvalue weighted by molar-refractivity contribution is 5.99. The summed E-state index contributed by atoms with van der Waals surface area (Å²) in [5.41, 5.74) is 2.25. The Bertz CT molecular complexity index is 872. The molecule has 1 aromatic heterocycles. The highest BCUT2D eigenvalue weighted by atomic mass is 16.4. The number of carbonyl (C=O) groups is 1. The molecule has 1 aliphatic carbocycles. The SMILES string of the molecule is O=C(NC1CC1)c1ccccc1NCc1nnc(-c2ccccc2)o1. The van der Waals surface area contributed by atoms with Crippen molar-refractivity contribution in [2.45, 2.75) is 25.4 Å². The minimum absolute atomic E-state index is 0.0545. The van der Waals surface area contributed by atoms with Crippen LogP contribution in [-0.4, -0.2) is 22.1 Å². The maximum absolute atomic E-state index is 12.3. The standard InChI is InChI=1S/C19H18N4O2/c24-18(21-14-10-11-14)15-8-4-5-9-16(15)20-12-17-22-23-19(25-17)13-6-2-1-3-7-13/h1-9,14,20H,10-12H2,(H,21,24). The van der Waals surface area contributed by atoms with Gasteiger partial charge in [-0.15, -0.1) is 10.2 Å². The first kappa shape index (κ1) is 15.4. The Morgan fingerprint density at radius 3 is 2.60 bits per heavy atom. The third-order valence-corrected chi connectivity index (χ3v) is 4.00. The number of amides is 1. The van der Waals surface area contributed by atoms with Crippen molar-refractivity contribution in [3.05, 3.63) is 66.1 Å². The van der Waals surface area contributed by atoms with Crippen molar-refractivity contribution < 1.29 is 9.21 Å². The quantitative estimate of drug-likeness (QED) is 0.723. The molecule has 0 saturated heterocycles. The lowest BCUT2D eigenvalue weighted by atomic mass is 10.1. The van der Waals surface area contributed by atoms with Crippen molar-refractivity contribution in [2.24, 2.45) is 0 Å². The van der Waals surface area contributed by atoms with Gasteiger partial charge in [0.25, 0.3) is 5.91 Å². The minimum atomic E-state index is -0.0545. The second kappa shape index (κ2) is 6.76. The Balaban J connectivity index is 1.45. The Hall–Kier alpha value is -3.15. The second-order valence-electron chi connectivity index (χ2n) is 6.01. The molecule has 1 aliphatic rings. The fourth-order valence-electron chi connectivity index (χ4n) is 2.52. The summed E-state index contributed by atoms with van der Waals surface area (Å²) in [5.74, 6) is 0.898. The summed E-state index contributed by atoms with van der Waals surface area (Å²) in [6.07, 6.45) is 2.12. The molecule has 2 aromatic carbocycles. The van der Waals surface area contributed by atoms with Gasteiger partial charge < -0.3 is 15.1 Å². The zero-order valence-electron chi connectivity index (χ0n) is 13.6. The van der Waals surface area contributed by atoms with Crippen LogP contribution in [0.2, 0.25) is 0 Å². The maximum atomic E-state index is 12.3. The molecule has 0 unspecified atom stereocenters. The number of carbonyl (C=O) groups excluding carboxylic acids is 1. The molecule has 1 fully saturated rings. The van der Waals surface area contributed by atoms with Gasteiger partial charge in [-0.1, -0.05) is 30.3 Å². The number of anilines is 1. The van der Waals surface area contributed by atoms with Crippen LogP contribution in [-0.2, 0) is 6.54 Å². The molecule has 1 amide bonds. The molecule has 0 bridgehead atoms. The predicted molar refractivity (Wildman–Crippen MR) is 94.0 cm³/mol. The third kappa shape index (κ3) is 3.68. The number of hydrogen-bond donors (Lipinski definition) is 2. The van der Waals surface area contributed by atoms with Gasteiger partial charge in [0.05, 0.1) is 12.1 Å². The van der Waals surface area contributed by atoms with E-state index in [-0.39, 0.29) is 5.91 Å². The van der Waals surface area contributed by atoms with Crippen LogP contribution in [0.25, 0.3) is 11.5 Å². The van der Waals surface area contributed by atoms with Crippen LogP contribution in [0.3, 0.4) is 0 Å². The normalized spacial score (nSPS) is 13.4. The highest BCUT2D eigenvalue weighted by Crippen LogP contribution is 2.22. The first-order valence-corrected chi connectivity index (χ1v) is 8.31. The summed E-state index contributed by atoms with van der Waals surface area (Å²) in [7, 11) is 0. The summed E-state index contributed by atoms with van der Waals surface area (Å²) in [6.45, 7) is 0.355. The third-order valence-electron chi connectivity index (χ3n) is 4.00. The fraction of sp³-hybridized carbons (Fsp3) is 0.211. The van der Waals surface area contributed by atoms with Crippen LogP contribution in [0.15, 0.2) is 59.0 Å². The largest absolute Gasteiger partial charge is 0.419 e. The van der Waals surface area contributed by atoms with Crippen molar-refractivity contribution in [3.63, 3.8) is 0 Å². The zero-order chi connectivity index (χ0) is 17.1. The van der Waals surface area contributed by atoms with E-state index in [1.165, 1.54) is 0 Å². The van der Waals surface area contributed by atoms with Gasteiger partial charge in [0.2, 0.25) is 11.8 Å². The molecule has 126 valence electrons. The number of benzene rings is 2. The van der Waals surface area contributed by atoms with E-state index in [1.807, 2.05) is 54.6 Å². The van der Waals surface area contributed by atoms with Crippen LogP contribution < -0.4 is 10.6 Å². The van der Waals surface area contributed by atoms with Gasteiger partial charge in [0, 0.05) is 17.3 Å². The number of rotatable bonds is 6. The molecule has 25 heavy (non-hydrogen) atoms. The lowest BCUT2D eigenvalue weighted by molar-refractivity contribution is 0.0952. The molecule has 4 rings (SSSR count). The van der Waals surface area contributed by atoms with Crippen molar-refractivity contribution in [1.82, 2.24) is 15.5 Å². The predicted octanol–water partition coefficient (Wildman–Crippen LogP) is 3.24. The van der Waals surface area contributed by atoms with Gasteiger partial charge in [0.1, 0.15) is 0 Å². The smallest absolute Gasteiger partial charge is 0.253 e. The van der Waals surface area contributed by atoms with Crippen LogP contribution in [0.1, 0.15) is 29.1 Å². The maximum Gasteiger partial charge on any atom is 0.253 e. The van der Waals surface area contributed by atoms with E-state index in [2.05, 4.69) is 20.8 Å². The topological polar surface area (TPSA) is 80.0 Å². The van der Waals surface area contributed by atoms with Gasteiger partial charge in [-0.25, -0.2) is 0 Å². The number of aromatic nitrogens is 2.